The summed E-state index contributed by atoms with van der Waals surface area (Å²) in [5.41, 5.74) is 0. The first-order chi connectivity index (χ1) is 9.70. The molecule has 1 amide bonds. The van der Waals surface area contributed by atoms with Crippen LogP contribution in [0.15, 0.2) is 0 Å². The lowest BCUT2D eigenvalue weighted by Crippen LogP contribution is -2.41. The number of hydrogen-bond acceptors (Lipinski definition) is 4. The molecule has 0 bridgehead atoms. The number of nitrogens with zero attached hydrogens (tertiary/aromatic N) is 1. The van der Waals surface area contributed by atoms with Crippen molar-refractivity contribution in [1.29, 1.82) is 0 Å². The largest absolute Gasteiger partial charge is 0.469 e. The lowest BCUT2D eigenvalue weighted by molar-refractivity contribution is -0.148. The summed E-state index contributed by atoms with van der Waals surface area (Å²) in [6, 6.07) is 0. The molecule has 0 aromatic heterocycles. The SMILES string of the molecule is COC(=O)C1CCN(C(=O)CSC2CCCCC2)CC1. The van der Waals surface area contributed by atoms with E-state index in [-0.39, 0.29) is 17.8 Å². The van der Waals surface area contributed by atoms with E-state index in [0.29, 0.717) is 24.1 Å². The minimum Gasteiger partial charge on any atom is -0.469 e. The summed E-state index contributed by atoms with van der Waals surface area (Å²) in [5.74, 6) is 0.695. The number of methoxy groups -OCH3 is 1. The molecular weight excluding hydrogens is 274 g/mol. The topological polar surface area (TPSA) is 46.6 Å². The fourth-order valence-electron chi connectivity index (χ4n) is 3.04. The molecule has 0 N–H and O–H groups in total. The Hall–Kier alpha value is -0.710. The monoisotopic (exact) mass is 299 g/mol. The molecule has 0 aromatic carbocycles. The van der Waals surface area contributed by atoms with Crippen molar-refractivity contribution in [3.05, 3.63) is 0 Å². The van der Waals surface area contributed by atoms with Crippen LogP contribution in [-0.4, -0.2) is 48.0 Å². The summed E-state index contributed by atoms with van der Waals surface area (Å²) < 4.78 is 4.77. The lowest BCUT2D eigenvalue weighted by Gasteiger charge is -2.31. The molecule has 1 heterocycles. The maximum atomic E-state index is 12.2. The van der Waals surface area contributed by atoms with Gasteiger partial charge in [-0.05, 0) is 25.7 Å². The van der Waals surface area contributed by atoms with E-state index < -0.39 is 0 Å². The Morgan fingerprint density at radius 1 is 1.10 bits per heavy atom. The lowest BCUT2D eigenvalue weighted by atomic mass is 9.97. The van der Waals surface area contributed by atoms with Gasteiger partial charge in [-0.25, -0.2) is 0 Å². The van der Waals surface area contributed by atoms with E-state index in [2.05, 4.69) is 0 Å². The van der Waals surface area contributed by atoms with Crippen LogP contribution >= 0.6 is 11.8 Å². The van der Waals surface area contributed by atoms with Crippen molar-refractivity contribution in [2.75, 3.05) is 26.0 Å². The quantitative estimate of drug-likeness (QED) is 0.748. The molecule has 1 saturated heterocycles. The van der Waals surface area contributed by atoms with Crippen LogP contribution in [0.5, 0.6) is 0 Å². The fourth-order valence-corrected chi connectivity index (χ4v) is 4.27. The summed E-state index contributed by atoms with van der Waals surface area (Å²) >= 11 is 1.83. The fraction of sp³-hybridized carbons (Fsp3) is 0.867. The van der Waals surface area contributed by atoms with Crippen LogP contribution in [-0.2, 0) is 14.3 Å². The second-order valence-electron chi connectivity index (χ2n) is 5.75. The van der Waals surface area contributed by atoms with Gasteiger partial charge in [0.15, 0.2) is 0 Å². The average Bonchev–Trinajstić information content (AvgIpc) is 2.53. The predicted molar refractivity (Wildman–Crippen MR) is 80.7 cm³/mol. The van der Waals surface area contributed by atoms with Gasteiger partial charge in [0, 0.05) is 18.3 Å². The zero-order valence-corrected chi connectivity index (χ0v) is 13.1. The Bertz CT molecular complexity index is 334. The summed E-state index contributed by atoms with van der Waals surface area (Å²) in [6.45, 7) is 1.40. The highest BCUT2D eigenvalue weighted by Gasteiger charge is 2.28. The third kappa shape index (κ3) is 4.40. The highest BCUT2D eigenvalue weighted by atomic mass is 32.2. The summed E-state index contributed by atoms with van der Waals surface area (Å²) in [5, 5.41) is 0.681. The summed E-state index contributed by atoms with van der Waals surface area (Å²) in [7, 11) is 1.43. The number of amides is 1. The highest BCUT2D eigenvalue weighted by Crippen LogP contribution is 2.28. The minimum absolute atomic E-state index is 0.0185. The number of esters is 1. The van der Waals surface area contributed by atoms with Crippen molar-refractivity contribution in [3.8, 4) is 0 Å². The van der Waals surface area contributed by atoms with Crippen molar-refractivity contribution < 1.29 is 14.3 Å². The minimum atomic E-state index is -0.131. The zero-order chi connectivity index (χ0) is 14.4. The summed E-state index contributed by atoms with van der Waals surface area (Å²) in [4.78, 5) is 25.5. The molecule has 114 valence electrons. The van der Waals surface area contributed by atoms with Crippen LogP contribution < -0.4 is 0 Å². The van der Waals surface area contributed by atoms with E-state index in [1.807, 2.05) is 16.7 Å². The van der Waals surface area contributed by atoms with E-state index in [1.54, 1.807) is 0 Å². The van der Waals surface area contributed by atoms with E-state index in [0.717, 1.165) is 12.8 Å². The van der Waals surface area contributed by atoms with Gasteiger partial charge in [-0.3, -0.25) is 9.59 Å². The number of hydrogen-bond donors (Lipinski definition) is 0. The first-order valence-electron chi connectivity index (χ1n) is 7.68. The normalized spacial score (nSPS) is 21.8. The standard InChI is InChI=1S/C15H25NO3S/c1-19-15(18)12-7-9-16(10-8-12)14(17)11-20-13-5-3-2-4-6-13/h12-13H,2-11H2,1H3. The number of rotatable bonds is 4. The van der Waals surface area contributed by atoms with Crippen molar-refractivity contribution >= 4 is 23.6 Å². The zero-order valence-electron chi connectivity index (χ0n) is 12.3. The van der Waals surface area contributed by atoms with Crippen LogP contribution in [0.3, 0.4) is 0 Å². The average molecular weight is 299 g/mol. The number of carbonyl (C=O) groups excluding carboxylic acids is 2. The molecule has 0 radical (unpaired) electrons. The van der Waals surface area contributed by atoms with Gasteiger partial charge in [0.1, 0.15) is 0 Å². The van der Waals surface area contributed by atoms with Crippen LogP contribution in [0.1, 0.15) is 44.9 Å². The molecule has 4 nitrogen and oxygen atoms in total. The first kappa shape index (κ1) is 15.7. The van der Waals surface area contributed by atoms with E-state index in [4.69, 9.17) is 4.74 Å². The van der Waals surface area contributed by atoms with E-state index in [9.17, 15) is 9.59 Å². The molecule has 0 aromatic rings. The molecule has 2 fully saturated rings. The Morgan fingerprint density at radius 3 is 2.35 bits per heavy atom. The van der Waals surface area contributed by atoms with Crippen molar-refractivity contribution in [1.82, 2.24) is 4.90 Å². The molecule has 20 heavy (non-hydrogen) atoms. The molecule has 1 aliphatic carbocycles. The van der Waals surface area contributed by atoms with Crippen LogP contribution in [0.4, 0.5) is 0 Å². The molecule has 1 aliphatic heterocycles. The van der Waals surface area contributed by atoms with Crippen LogP contribution in [0.2, 0.25) is 0 Å². The number of carbonyl (C=O) groups is 2. The molecular formula is C15H25NO3S. The number of piperidine rings is 1. The Balaban J connectivity index is 1.67. The number of likely N-dealkylation sites (tertiary alicyclic amines) is 1. The maximum Gasteiger partial charge on any atom is 0.308 e. The number of thioether (sulfide) groups is 1. The van der Waals surface area contributed by atoms with Gasteiger partial charge < -0.3 is 9.64 Å². The van der Waals surface area contributed by atoms with Gasteiger partial charge in [0.25, 0.3) is 0 Å². The van der Waals surface area contributed by atoms with Crippen molar-refractivity contribution in [2.24, 2.45) is 5.92 Å². The van der Waals surface area contributed by atoms with Gasteiger partial charge in [-0.1, -0.05) is 19.3 Å². The van der Waals surface area contributed by atoms with Gasteiger partial charge in [0.05, 0.1) is 18.8 Å². The van der Waals surface area contributed by atoms with Gasteiger partial charge >= 0.3 is 5.97 Å². The van der Waals surface area contributed by atoms with E-state index in [1.165, 1.54) is 39.2 Å². The third-order valence-corrected chi connectivity index (χ3v) is 5.73. The number of ether oxygens (including phenoxy) is 1. The highest BCUT2D eigenvalue weighted by molar-refractivity contribution is 8.00. The molecule has 1 saturated carbocycles. The van der Waals surface area contributed by atoms with Crippen LogP contribution in [0.25, 0.3) is 0 Å². The van der Waals surface area contributed by atoms with Gasteiger partial charge in [-0.2, -0.15) is 0 Å². The second kappa shape index (κ2) is 7.91. The Kier molecular flexibility index (Phi) is 6.20. The van der Waals surface area contributed by atoms with Gasteiger partial charge in [0.2, 0.25) is 5.91 Å². The maximum absolute atomic E-state index is 12.2. The molecule has 0 spiro atoms. The van der Waals surface area contributed by atoms with Gasteiger partial charge in [-0.15, -0.1) is 11.8 Å². The van der Waals surface area contributed by atoms with E-state index >= 15 is 0 Å². The smallest absolute Gasteiger partial charge is 0.308 e. The molecule has 2 rings (SSSR count). The van der Waals surface area contributed by atoms with Crippen molar-refractivity contribution in [3.63, 3.8) is 0 Å². The Morgan fingerprint density at radius 2 is 1.75 bits per heavy atom. The third-order valence-electron chi connectivity index (χ3n) is 4.38. The summed E-state index contributed by atoms with van der Waals surface area (Å²) in [6.07, 6.45) is 8.00. The molecule has 0 atom stereocenters. The molecule has 5 heteroatoms. The molecule has 0 unspecified atom stereocenters. The second-order valence-corrected chi connectivity index (χ2v) is 7.04. The molecule has 2 aliphatic rings. The predicted octanol–water partition coefficient (Wildman–Crippen LogP) is 2.46. The Labute approximate surface area is 125 Å². The van der Waals surface area contributed by atoms with Crippen LogP contribution in [0, 0.1) is 5.92 Å². The first-order valence-corrected chi connectivity index (χ1v) is 8.73. The van der Waals surface area contributed by atoms with Crippen molar-refractivity contribution in [2.45, 2.75) is 50.2 Å².